The minimum absolute atomic E-state index is 0.0841. The summed E-state index contributed by atoms with van der Waals surface area (Å²) in [6.45, 7) is 6.22. The third-order valence-electron chi connectivity index (χ3n) is 2.66. The van der Waals surface area contributed by atoms with Gasteiger partial charge in [0.1, 0.15) is 6.10 Å². The van der Waals surface area contributed by atoms with Crippen LogP contribution in [0.15, 0.2) is 4.52 Å². The summed E-state index contributed by atoms with van der Waals surface area (Å²) >= 11 is 1.75. The summed E-state index contributed by atoms with van der Waals surface area (Å²) in [5.74, 6) is 2.04. The Labute approximate surface area is 113 Å². The molecule has 6 heteroatoms. The van der Waals surface area contributed by atoms with E-state index in [2.05, 4.69) is 30.9 Å². The molecule has 0 fully saturated rings. The number of hydrogen-bond acceptors (Lipinski definition) is 6. The van der Waals surface area contributed by atoms with E-state index in [0.717, 1.165) is 12.2 Å². The number of methoxy groups -OCH3 is 1. The zero-order valence-electron chi connectivity index (χ0n) is 11.8. The van der Waals surface area contributed by atoms with Crippen molar-refractivity contribution >= 4 is 11.8 Å². The van der Waals surface area contributed by atoms with Crippen molar-refractivity contribution in [2.45, 2.75) is 39.3 Å². The molecule has 1 aromatic rings. The minimum atomic E-state index is -0.198. The molecule has 5 nitrogen and oxygen atoms in total. The molecule has 0 spiro atoms. The lowest BCUT2D eigenvalue weighted by Gasteiger charge is -2.26. The van der Waals surface area contributed by atoms with Crippen molar-refractivity contribution in [2.75, 3.05) is 19.1 Å². The minimum Gasteiger partial charge on any atom is -0.373 e. The average Bonchev–Trinajstić information content (AvgIpc) is 2.74. The highest BCUT2D eigenvalue weighted by molar-refractivity contribution is 7.98. The van der Waals surface area contributed by atoms with Gasteiger partial charge in [-0.15, -0.1) is 0 Å². The summed E-state index contributed by atoms with van der Waals surface area (Å²) in [7, 11) is 1.65. The van der Waals surface area contributed by atoms with Crippen molar-refractivity contribution < 1.29 is 9.26 Å². The molecule has 18 heavy (non-hydrogen) atoms. The fourth-order valence-corrected chi connectivity index (χ4v) is 2.21. The molecule has 1 aromatic heterocycles. The van der Waals surface area contributed by atoms with Gasteiger partial charge in [0.15, 0.2) is 0 Å². The number of rotatable bonds is 6. The fourth-order valence-electron chi connectivity index (χ4n) is 1.72. The number of nitrogens with zero attached hydrogens (tertiary/aromatic N) is 2. The van der Waals surface area contributed by atoms with Crippen LogP contribution in [0.2, 0.25) is 0 Å². The van der Waals surface area contributed by atoms with E-state index in [1.165, 1.54) is 0 Å². The van der Waals surface area contributed by atoms with Crippen LogP contribution in [-0.2, 0) is 4.74 Å². The van der Waals surface area contributed by atoms with Crippen molar-refractivity contribution in [3.05, 3.63) is 11.7 Å². The molecule has 0 aliphatic rings. The monoisotopic (exact) mass is 273 g/mol. The van der Waals surface area contributed by atoms with Crippen LogP contribution in [-0.4, -0.2) is 29.3 Å². The van der Waals surface area contributed by atoms with Gasteiger partial charge >= 0.3 is 0 Å². The average molecular weight is 273 g/mol. The normalized spacial score (nSPS) is 15.7. The topological polar surface area (TPSA) is 74.2 Å². The summed E-state index contributed by atoms with van der Waals surface area (Å²) in [6.07, 6.45) is 2.69. The number of aromatic nitrogens is 2. The Balaban J connectivity index is 2.78. The maximum Gasteiger partial charge on any atom is 0.243 e. The summed E-state index contributed by atoms with van der Waals surface area (Å²) in [5.41, 5.74) is 5.91. The standard InChI is InChI=1S/C12H23N3O2S/c1-12(2,3)9(16-4)10-14-11(17-15-10)8(13)6-7-18-5/h8-9H,6-7,13H2,1-5H3/t8-,9?/m1/s1. The van der Waals surface area contributed by atoms with Crippen LogP contribution in [0.4, 0.5) is 0 Å². The summed E-state index contributed by atoms with van der Waals surface area (Å²) in [4.78, 5) is 4.36. The molecule has 1 unspecified atom stereocenters. The first-order valence-corrected chi connectivity index (χ1v) is 7.40. The molecule has 2 atom stereocenters. The lowest BCUT2D eigenvalue weighted by Crippen LogP contribution is -2.21. The molecule has 0 saturated heterocycles. The van der Waals surface area contributed by atoms with E-state index in [4.69, 9.17) is 15.0 Å². The largest absolute Gasteiger partial charge is 0.373 e. The first-order valence-electron chi connectivity index (χ1n) is 6.01. The van der Waals surface area contributed by atoms with E-state index in [1.807, 2.05) is 6.26 Å². The van der Waals surface area contributed by atoms with E-state index in [1.54, 1.807) is 18.9 Å². The Morgan fingerprint density at radius 2 is 2.11 bits per heavy atom. The summed E-state index contributed by atoms with van der Waals surface area (Å²) in [6, 6.07) is -0.198. The highest BCUT2D eigenvalue weighted by atomic mass is 32.2. The molecule has 0 aliphatic carbocycles. The van der Waals surface area contributed by atoms with Gasteiger partial charge in [0.2, 0.25) is 11.7 Å². The van der Waals surface area contributed by atoms with Gasteiger partial charge in [-0.3, -0.25) is 0 Å². The Morgan fingerprint density at radius 1 is 1.44 bits per heavy atom. The maximum absolute atomic E-state index is 5.99. The van der Waals surface area contributed by atoms with Gasteiger partial charge in [0.05, 0.1) is 6.04 Å². The third-order valence-corrected chi connectivity index (χ3v) is 3.31. The molecule has 0 bridgehead atoms. The molecule has 1 heterocycles. The van der Waals surface area contributed by atoms with Crippen LogP contribution in [0.1, 0.15) is 51.1 Å². The first-order chi connectivity index (χ1) is 8.40. The molecular formula is C12H23N3O2S. The molecule has 2 N–H and O–H groups in total. The zero-order chi connectivity index (χ0) is 13.8. The highest BCUT2D eigenvalue weighted by Gasteiger charge is 2.31. The second-order valence-electron chi connectivity index (χ2n) is 5.36. The van der Waals surface area contributed by atoms with Crippen molar-refractivity contribution in [2.24, 2.45) is 11.1 Å². The van der Waals surface area contributed by atoms with Gasteiger partial charge in [-0.25, -0.2) is 0 Å². The lowest BCUT2D eigenvalue weighted by molar-refractivity contribution is 0.00718. The van der Waals surface area contributed by atoms with Gasteiger partial charge in [-0.05, 0) is 23.8 Å². The molecule has 0 aliphatic heterocycles. The Kier molecular flexibility index (Phi) is 5.62. The zero-order valence-corrected chi connectivity index (χ0v) is 12.6. The lowest BCUT2D eigenvalue weighted by atomic mass is 9.88. The predicted molar refractivity (Wildman–Crippen MR) is 73.4 cm³/mol. The van der Waals surface area contributed by atoms with E-state index in [0.29, 0.717) is 11.7 Å². The second-order valence-corrected chi connectivity index (χ2v) is 6.35. The molecule has 104 valence electrons. The van der Waals surface area contributed by atoms with Gasteiger partial charge in [0, 0.05) is 7.11 Å². The van der Waals surface area contributed by atoms with Crippen LogP contribution >= 0.6 is 11.8 Å². The van der Waals surface area contributed by atoms with E-state index >= 15 is 0 Å². The number of ether oxygens (including phenoxy) is 1. The van der Waals surface area contributed by atoms with E-state index in [9.17, 15) is 0 Å². The molecule has 0 saturated carbocycles. The Morgan fingerprint density at radius 3 is 2.61 bits per heavy atom. The smallest absolute Gasteiger partial charge is 0.243 e. The van der Waals surface area contributed by atoms with E-state index in [-0.39, 0.29) is 17.6 Å². The Bertz CT molecular complexity index is 362. The molecular weight excluding hydrogens is 250 g/mol. The van der Waals surface area contributed by atoms with E-state index < -0.39 is 0 Å². The molecule has 0 aromatic carbocycles. The summed E-state index contributed by atoms with van der Waals surface area (Å²) in [5, 5.41) is 3.99. The van der Waals surface area contributed by atoms with Gasteiger partial charge < -0.3 is 15.0 Å². The van der Waals surface area contributed by atoms with Crippen LogP contribution in [0.5, 0.6) is 0 Å². The van der Waals surface area contributed by atoms with Gasteiger partial charge in [0.25, 0.3) is 0 Å². The van der Waals surface area contributed by atoms with Crippen molar-refractivity contribution in [3.63, 3.8) is 0 Å². The van der Waals surface area contributed by atoms with Crippen molar-refractivity contribution in [1.82, 2.24) is 10.1 Å². The predicted octanol–water partition coefficient (Wildman–Crippen LogP) is 2.56. The Hall–Kier alpha value is -0.590. The second kappa shape index (κ2) is 6.54. The molecule has 0 radical (unpaired) electrons. The fraction of sp³-hybridized carbons (Fsp3) is 0.833. The third kappa shape index (κ3) is 3.96. The van der Waals surface area contributed by atoms with Crippen LogP contribution in [0, 0.1) is 5.41 Å². The highest BCUT2D eigenvalue weighted by Crippen LogP contribution is 2.34. The molecule has 1 rings (SSSR count). The molecule has 0 amide bonds. The summed E-state index contributed by atoms with van der Waals surface area (Å²) < 4.78 is 10.7. The number of hydrogen-bond donors (Lipinski definition) is 1. The van der Waals surface area contributed by atoms with Gasteiger partial charge in [-0.1, -0.05) is 25.9 Å². The van der Waals surface area contributed by atoms with Crippen molar-refractivity contribution in [1.29, 1.82) is 0 Å². The van der Waals surface area contributed by atoms with Crippen LogP contribution < -0.4 is 5.73 Å². The van der Waals surface area contributed by atoms with Gasteiger partial charge in [-0.2, -0.15) is 16.7 Å². The number of thioether (sulfide) groups is 1. The SMILES string of the molecule is COC(c1noc([C@H](N)CCSC)n1)C(C)(C)C. The maximum atomic E-state index is 5.99. The first kappa shape index (κ1) is 15.5. The quantitative estimate of drug-likeness (QED) is 0.858. The van der Waals surface area contributed by atoms with Crippen LogP contribution in [0.3, 0.4) is 0 Å². The number of nitrogens with two attached hydrogens (primary N) is 1. The van der Waals surface area contributed by atoms with Crippen LogP contribution in [0.25, 0.3) is 0 Å². The van der Waals surface area contributed by atoms with Crippen molar-refractivity contribution in [3.8, 4) is 0 Å².